The van der Waals surface area contributed by atoms with Crippen molar-refractivity contribution in [3.8, 4) is 0 Å². The molecule has 4 rings (SSSR count). The summed E-state index contributed by atoms with van der Waals surface area (Å²) in [5.74, 6) is 1.20. The summed E-state index contributed by atoms with van der Waals surface area (Å²) in [5.41, 5.74) is 3.29. The molecule has 1 nitrogen and oxygen atoms in total. The molecule has 2 aromatic rings. The van der Waals surface area contributed by atoms with Crippen LogP contribution in [-0.4, -0.2) is 24.3 Å². The average molecular weight is 476 g/mol. The molecule has 1 fully saturated rings. The quantitative estimate of drug-likeness (QED) is 0.486. The van der Waals surface area contributed by atoms with E-state index in [0.29, 0.717) is 27.9 Å². The van der Waals surface area contributed by atoms with Gasteiger partial charge < -0.3 is 4.98 Å². The van der Waals surface area contributed by atoms with Crippen LogP contribution in [0, 0.1) is 25.7 Å². The lowest BCUT2D eigenvalue weighted by Crippen LogP contribution is -2.75. The van der Waals surface area contributed by atoms with Gasteiger partial charge in [0.25, 0.3) is 0 Å². The molecule has 0 amide bonds. The van der Waals surface area contributed by atoms with Gasteiger partial charge in [0.2, 0.25) is 0 Å². The molecule has 0 aliphatic heterocycles. The Bertz CT molecular complexity index is 952. The molecular formula is C30H41NSSi. The van der Waals surface area contributed by atoms with Crippen molar-refractivity contribution in [1.29, 1.82) is 0 Å². The van der Waals surface area contributed by atoms with Gasteiger partial charge in [0.1, 0.15) is 0 Å². The van der Waals surface area contributed by atoms with Crippen molar-refractivity contribution in [1.82, 2.24) is 4.98 Å². The molecule has 3 heteroatoms. The Morgan fingerprint density at radius 1 is 0.818 bits per heavy atom. The predicted molar refractivity (Wildman–Crippen MR) is 150 cm³/mol. The number of allylic oxidation sites excluding steroid dienone is 4. The second-order valence-corrected chi connectivity index (χ2v) is 17.0. The molecule has 1 saturated carbocycles. The number of hydrogen-bond donors (Lipinski definition) is 1. The van der Waals surface area contributed by atoms with E-state index in [1.165, 1.54) is 27.9 Å². The van der Waals surface area contributed by atoms with Gasteiger partial charge in [0.05, 0.1) is 0 Å². The zero-order valence-electron chi connectivity index (χ0n) is 21.4. The lowest BCUT2D eigenvalue weighted by molar-refractivity contribution is 0.494. The van der Waals surface area contributed by atoms with Crippen LogP contribution in [0.4, 0.5) is 0 Å². The molecule has 1 N–H and O–H groups in total. The van der Waals surface area contributed by atoms with Crippen molar-refractivity contribution in [3.63, 3.8) is 0 Å². The second kappa shape index (κ2) is 9.60. The highest BCUT2D eigenvalue weighted by Gasteiger charge is 2.56. The normalized spacial score (nSPS) is 25.0. The summed E-state index contributed by atoms with van der Waals surface area (Å²) in [6.45, 7) is 16.2. The molecule has 0 aromatic heterocycles. The molecule has 176 valence electrons. The van der Waals surface area contributed by atoms with Gasteiger partial charge in [-0.2, -0.15) is 11.8 Å². The van der Waals surface area contributed by atoms with E-state index in [9.17, 15) is 0 Å². The van der Waals surface area contributed by atoms with Crippen molar-refractivity contribution >= 4 is 30.4 Å². The van der Waals surface area contributed by atoms with Gasteiger partial charge in [-0.05, 0) is 74.0 Å². The zero-order valence-corrected chi connectivity index (χ0v) is 23.2. The van der Waals surface area contributed by atoms with Gasteiger partial charge in [0.15, 0.2) is 8.24 Å². The molecule has 2 aliphatic carbocycles. The van der Waals surface area contributed by atoms with E-state index in [1.54, 1.807) is 0 Å². The molecule has 4 atom stereocenters. The van der Waals surface area contributed by atoms with Gasteiger partial charge in [-0.1, -0.05) is 97.8 Å². The fourth-order valence-electron chi connectivity index (χ4n) is 6.00. The summed E-state index contributed by atoms with van der Waals surface area (Å²) in [4.78, 5) is 4.36. The number of aryl methyl sites for hydroxylation is 2. The number of fused-ring (bicyclic) bond motifs is 1. The Morgan fingerprint density at radius 3 is 1.76 bits per heavy atom. The first-order valence-corrected chi connectivity index (χ1v) is 15.6. The first kappa shape index (κ1) is 24.6. The van der Waals surface area contributed by atoms with Crippen LogP contribution in [-0.2, 0) is 0 Å². The highest BCUT2D eigenvalue weighted by Crippen LogP contribution is 2.53. The lowest BCUT2D eigenvalue weighted by atomic mass is 9.91. The van der Waals surface area contributed by atoms with E-state index in [1.807, 2.05) is 0 Å². The maximum atomic E-state index is 4.36. The number of benzene rings is 2. The monoisotopic (exact) mass is 475 g/mol. The highest BCUT2D eigenvalue weighted by atomic mass is 32.2. The molecule has 33 heavy (non-hydrogen) atoms. The van der Waals surface area contributed by atoms with Gasteiger partial charge in [-0.25, -0.2) is 0 Å². The third-order valence-electron chi connectivity index (χ3n) is 7.19. The summed E-state index contributed by atoms with van der Waals surface area (Å²) in [6, 6.07) is 19.0. The fraction of sp³-hybridized carbons (Fsp3) is 0.467. The minimum Gasteiger partial charge on any atom is -0.325 e. The molecule has 2 aromatic carbocycles. The third kappa shape index (κ3) is 5.11. The largest absolute Gasteiger partial charge is 0.325 e. The Kier molecular flexibility index (Phi) is 7.15. The van der Waals surface area contributed by atoms with Crippen LogP contribution in [0.15, 0.2) is 72.8 Å². The number of nitrogens with one attached hydrogen (secondary N) is 1. The maximum Gasteiger partial charge on any atom is 0.194 e. The van der Waals surface area contributed by atoms with E-state index in [4.69, 9.17) is 0 Å². The van der Waals surface area contributed by atoms with Crippen LogP contribution < -0.4 is 15.4 Å². The summed E-state index contributed by atoms with van der Waals surface area (Å²) >= 11 is 2.19. The van der Waals surface area contributed by atoms with Crippen molar-refractivity contribution in [2.75, 3.05) is 0 Å². The van der Waals surface area contributed by atoms with Gasteiger partial charge in [-0.3, -0.25) is 0 Å². The molecule has 0 spiro atoms. The smallest absolute Gasteiger partial charge is 0.194 e. The van der Waals surface area contributed by atoms with Crippen molar-refractivity contribution < 1.29 is 0 Å². The average Bonchev–Trinajstić information content (AvgIpc) is 3.11. The number of thioether (sulfide) groups is 1. The number of hydrogen-bond acceptors (Lipinski definition) is 2. The Labute approximate surface area is 207 Å². The molecule has 0 bridgehead atoms. The zero-order chi connectivity index (χ0) is 23.8. The van der Waals surface area contributed by atoms with Crippen molar-refractivity contribution in [2.45, 2.75) is 76.5 Å². The molecule has 0 radical (unpaired) electrons. The third-order valence-corrected chi connectivity index (χ3v) is 14.0. The Balaban J connectivity index is 1.94. The van der Waals surface area contributed by atoms with E-state index < -0.39 is 8.24 Å². The summed E-state index contributed by atoms with van der Waals surface area (Å²) in [6.07, 6.45) is 10.9. The topological polar surface area (TPSA) is 12.0 Å². The van der Waals surface area contributed by atoms with E-state index >= 15 is 0 Å². The summed E-state index contributed by atoms with van der Waals surface area (Å²) < 4.78 is 0. The fourth-order valence-corrected chi connectivity index (χ4v) is 13.4. The molecule has 0 saturated heterocycles. The Morgan fingerprint density at radius 2 is 1.30 bits per heavy atom. The van der Waals surface area contributed by atoms with Crippen molar-refractivity contribution in [2.24, 2.45) is 11.8 Å². The van der Waals surface area contributed by atoms with Crippen LogP contribution in [0.1, 0.15) is 52.2 Å². The molecular weight excluding hydrogens is 434 g/mol. The van der Waals surface area contributed by atoms with Crippen LogP contribution in [0.2, 0.25) is 5.54 Å². The van der Waals surface area contributed by atoms with Gasteiger partial charge in [0, 0.05) is 10.8 Å². The summed E-state index contributed by atoms with van der Waals surface area (Å²) in [5, 5.41) is 4.37. The molecule has 4 unspecified atom stereocenters. The van der Waals surface area contributed by atoms with Crippen LogP contribution in [0.25, 0.3) is 0 Å². The van der Waals surface area contributed by atoms with Crippen LogP contribution in [0.3, 0.4) is 0 Å². The van der Waals surface area contributed by atoms with Crippen LogP contribution >= 0.6 is 11.8 Å². The van der Waals surface area contributed by atoms with E-state index in [0.717, 1.165) is 0 Å². The minimum atomic E-state index is -2.35. The minimum absolute atomic E-state index is 0.0228. The van der Waals surface area contributed by atoms with Gasteiger partial charge in [-0.15, -0.1) is 0 Å². The molecule has 0 heterocycles. The number of rotatable bonds is 6. The molecule has 2 aliphatic rings. The highest BCUT2D eigenvalue weighted by molar-refractivity contribution is 8.00. The van der Waals surface area contributed by atoms with Crippen LogP contribution in [0.5, 0.6) is 0 Å². The summed E-state index contributed by atoms with van der Waals surface area (Å²) in [7, 11) is -2.35. The predicted octanol–water partition coefficient (Wildman–Crippen LogP) is 6.39. The second-order valence-electron chi connectivity index (χ2n) is 11.4. The SMILES string of the molecule is Cc1ccc([Si](NC(C)(C)C)(c2ccc(C)cc2)C2CC(SC(C)C)C3C=CC=CC32)cc1. The standard InChI is InChI=1S/C30H41NSSi/c1-21(2)32-28-20-29(27-11-9-8-10-26(27)28)33(31-30(5,6)7,24-16-12-22(3)13-17-24)25-18-14-23(4)15-19-25/h8-19,21,26-29,31H,20H2,1-7H3. The van der Waals surface area contributed by atoms with E-state index in [-0.39, 0.29) is 5.54 Å². The first-order valence-electron chi connectivity index (χ1n) is 12.5. The maximum absolute atomic E-state index is 4.36. The Hall–Kier alpha value is -1.55. The van der Waals surface area contributed by atoms with Gasteiger partial charge >= 0.3 is 0 Å². The first-order chi connectivity index (χ1) is 15.6. The van der Waals surface area contributed by atoms with E-state index in [2.05, 4.69) is 138 Å². The lowest BCUT2D eigenvalue weighted by Gasteiger charge is -2.46. The van der Waals surface area contributed by atoms with Crippen molar-refractivity contribution in [3.05, 3.63) is 84.0 Å².